The quantitative estimate of drug-likeness (QED) is 0.485. The SMILES string of the molecule is CCN(CC)C(=O)Cn1c(=O)n(CCC(=O)NCc2ccc(OC)cc2)c(=O)c2sccc21. The Bertz CT molecular complexity index is 1240. The summed E-state index contributed by atoms with van der Waals surface area (Å²) >= 11 is 1.21. The molecule has 33 heavy (non-hydrogen) atoms. The largest absolute Gasteiger partial charge is 0.497 e. The fraction of sp³-hybridized carbons (Fsp3) is 0.391. The number of thiophene rings is 1. The van der Waals surface area contributed by atoms with Crippen LogP contribution in [0, 0.1) is 0 Å². The fourth-order valence-corrected chi connectivity index (χ4v) is 4.38. The lowest BCUT2D eigenvalue weighted by Crippen LogP contribution is -2.43. The molecule has 0 saturated carbocycles. The van der Waals surface area contributed by atoms with Crippen molar-refractivity contribution in [2.75, 3.05) is 20.2 Å². The second-order valence-electron chi connectivity index (χ2n) is 7.40. The summed E-state index contributed by atoms with van der Waals surface area (Å²) in [4.78, 5) is 52.6. The molecule has 0 atom stereocenters. The topological polar surface area (TPSA) is 103 Å². The summed E-state index contributed by atoms with van der Waals surface area (Å²) < 4.78 is 7.87. The number of aromatic nitrogens is 2. The highest BCUT2D eigenvalue weighted by atomic mass is 32.1. The Morgan fingerprint density at radius 3 is 2.39 bits per heavy atom. The van der Waals surface area contributed by atoms with Crippen LogP contribution in [0.25, 0.3) is 10.2 Å². The van der Waals surface area contributed by atoms with Gasteiger partial charge in [-0.1, -0.05) is 12.1 Å². The molecule has 0 saturated heterocycles. The van der Waals surface area contributed by atoms with Crippen molar-refractivity contribution in [2.24, 2.45) is 0 Å². The minimum Gasteiger partial charge on any atom is -0.497 e. The smallest absolute Gasteiger partial charge is 0.332 e. The van der Waals surface area contributed by atoms with Crippen LogP contribution in [0.1, 0.15) is 25.8 Å². The van der Waals surface area contributed by atoms with E-state index in [1.54, 1.807) is 35.6 Å². The summed E-state index contributed by atoms with van der Waals surface area (Å²) in [5, 5.41) is 4.51. The van der Waals surface area contributed by atoms with Crippen LogP contribution in [0.5, 0.6) is 5.75 Å². The predicted molar refractivity (Wildman–Crippen MR) is 128 cm³/mol. The van der Waals surface area contributed by atoms with Gasteiger partial charge in [-0.15, -0.1) is 11.3 Å². The molecule has 2 amide bonds. The van der Waals surface area contributed by atoms with Gasteiger partial charge in [0.1, 0.15) is 17.0 Å². The molecule has 0 aliphatic carbocycles. The van der Waals surface area contributed by atoms with Gasteiger partial charge in [-0.2, -0.15) is 0 Å². The highest BCUT2D eigenvalue weighted by Gasteiger charge is 2.19. The molecule has 0 radical (unpaired) electrons. The number of benzene rings is 1. The zero-order valence-corrected chi connectivity index (χ0v) is 19.8. The number of ether oxygens (including phenoxy) is 1. The van der Waals surface area contributed by atoms with E-state index in [0.29, 0.717) is 29.9 Å². The van der Waals surface area contributed by atoms with Crippen molar-refractivity contribution in [3.05, 3.63) is 62.1 Å². The molecule has 2 heterocycles. The Hall–Kier alpha value is -3.40. The van der Waals surface area contributed by atoms with E-state index < -0.39 is 11.2 Å². The van der Waals surface area contributed by atoms with E-state index in [1.165, 1.54) is 15.9 Å². The Labute approximate surface area is 195 Å². The number of amides is 2. The summed E-state index contributed by atoms with van der Waals surface area (Å²) in [6.07, 6.45) is -0.0355. The maximum atomic E-state index is 13.1. The Morgan fingerprint density at radius 2 is 1.76 bits per heavy atom. The van der Waals surface area contributed by atoms with Crippen LogP contribution in [0.2, 0.25) is 0 Å². The second-order valence-corrected chi connectivity index (χ2v) is 8.32. The number of nitrogens with one attached hydrogen (secondary N) is 1. The molecule has 3 aromatic rings. The van der Waals surface area contributed by atoms with Crippen LogP contribution in [0.3, 0.4) is 0 Å². The van der Waals surface area contributed by atoms with E-state index >= 15 is 0 Å². The zero-order chi connectivity index (χ0) is 24.0. The van der Waals surface area contributed by atoms with Gasteiger partial charge in [-0.25, -0.2) is 4.79 Å². The number of fused-ring (bicyclic) bond motifs is 1. The van der Waals surface area contributed by atoms with Crippen molar-refractivity contribution in [1.82, 2.24) is 19.4 Å². The van der Waals surface area contributed by atoms with E-state index in [9.17, 15) is 19.2 Å². The molecule has 176 valence electrons. The van der Waals surface area contributed by atoms with Crippen LogP contribution in [0.4, 0.5) is 0 Å². The van der Waals surface area contributed by atoms with Crippen molar-refractivity contribution in [3.63, 3.8) is 0 Å². The average molecular weight is 473 g/mol. The highest BCUT2D eigenvalue weighted by molar-refractivity contribution is 7.17. The number of carbonyl (C=O) groups is 2. The monoisotopic (exact) mass is 472 g/mol. The highest BCUT2D eigenvalue weighted by Crippen LogP contribution is 2.15. The van der Waals surface area contributed by atoms with Gasteiger partial charge in [-0.05, 0) is 43.0 Å². The molecule has 0 fully saturated rings. The summed E-state index contributed by atoms with van der Waals surface area (Å²) in [5.74, 6) is 0.246. The Kier molecular flexibility index (Phi) is 8.05. The van der Waals surface area contributed by atoms with Gasteiger partial charge in [0.15, 0.2) is 0 Å². The molecule has 3 rings (SSSR count). The minimum atomic E-state index is -0.589. The predicted octanol–water partition coefficient (Wildman–Crippen LogP) is 1.81. The summed E-state index contributed by atoms with van der Waals surface area (Å²) in [7, 11) is 1.58. The Morgan fingerprint density at radius 1 is 1.06 bits per heavy atom. The maximum Gasteiger partial charge on any atom is 0.332 e. The molecule has 0 spiro atoms. The van der Waals surface area contributed by atoms with Crippen LogP contribution in [0.15, 0.2) is 45.3 Å². The van der Waals surface area contributed by atoms with E-state index in [2.05, 4.69) is 5.32 Å². The van der Waals surface area contributed by atoms with Gasteiger partial charge in [0, 0.05) is 32.6 Å². The number of carbonyl (C=O) groups excluding carboxylic acids is 2. The van der Waals surface area contributed by atoms with Crippen LogP contribution >= 0.6 is 11.3 Å². The van der Waals surface area contributed by atoms with Crippen molar-refractivity contribution in [3.8, 4) is 5.75 Å². The molecule has 9 nitrogen and oxygen atoms in total. The molecular weight excluding hydrogens is 444 g/mol. The maximum absolute atomic E-state index is 13.1. The Balaban J connectivity index is 1.75. The van der Waals surface area contributed by atoms with Crippen LogP contribution < -0.4 is 21.3 Å². The van der Waals surface area contributed by atoms with Crippen molar-refractivity contribution in [2.45, 2.75) is 39.9 Å². The van der Waals surface area contributed by atoms with Gasteiger partial charge < -0.3 is 15.0 Å². The number of hydrogen-bond donors (Lipinski definition) is 1. The molecule has 10 heteroatoms. The number of hydrogen-bond acceptors (Lipinski definition) is 6. The normalized spacial score (nSPS) is 10.9. The van der Waals surface area contributed by atoms with Gasteiger partial charge in [0.05, 0.1) is 12.6 Å². The molecular formula is C23H28N4O5S. The summed E-state index contributed by atoms with van der Waals surface area (Å²) in [6.45, 7) is 4.91. The first-order valence-corrected chi connectivity index (χ1v) is 11.7. The van der Waals surface area contributed by atoms with Crippen molar-refractivity contribution in [1.29, 1.82) is 0 Å². The third-order valence-electron chi connectivity index (χ3n) is 5.46. The lowest BCUT2D eigenvalue weighted by atomic mass is 10.2. The van der Waals surface area contributed by atoms with Crippen molar-refractivity contribution < 1.29 is 14.3 Å². The lowest BCUT2D eigenvalue weighted by Gasteiger charge is -2.20. The lowest BCUT2D eigenvalue weighted by molar-refractivity contribution is -0.131. The zero-order valence-electron chi connectivity index (χ0n) is 19.0. The van der Waals surface area contributed by atoms with E-state index in [-0.39, 0.29) is 31.3 Å². The molecule has 1 N–H and O–H groups in total. The molecule has 0 bridgehead atoms. The number of likely N-dealkylation sites (N-methyl/N-ethyl adjacent to an activating group) is 1. The second kappa shape index (κ2) is 11.0. The number of methoxy groups -OCH3 is 1. The van der Waals surface area contributed by atoms with E-state index in [4.69, 9.17) is 4.74 Å². The van der Waals surface area contributed by atoms with Gasteiger partial charge in [-0.3, -0.25) is 23.5 Å². The van der Waals surface area contributed by atoms with Crippen molar-refractivity contribution >= 4 is 33.4 Å². The third-order valence-corrected chi connectivity index (χ3v) is 6.35. The first-order valence-electron chi connectivity index (χ1n) is 10.8. The fourth-order valence-electron chi connectivity index (χ4n) is 3.54. The average Bonchev–Trinajstić information content (AvgIpc) is 3.31. The number of rotatable bonds is 10. The number of nitrogens with zero attached hydrogens (tertiary/aromatic N) is 3. The van der Waals surface area contributed by atoms with E-state index in [0.717, 1.165) is 15.9 Å². The van der Waals surface area contributed by atoms with E-state index in [1.807, 2.05) is 26.0 Å². The minimum absolute atomic E-state index is 0.0355. The third kappa shape index (κ3) is 5.51. The molecule has 0 aliphatic heterocycles. The molecule has 0 unspecified atom stereocenters. The van der Waals surface area contributed by atoms with Gasteiger partial charge in [0.2, 0.25) is 11.8 Å². The van der Waals surface area contributed by atoms with Crippen LogP contribution in [-0.4, -0.2) is 46.0 Å². The first kappa shape index (κ1) is 24.2. The van der Waals surface area contributed by atoms with Gasteiger partial charge >= 0.3 is 5.69 Å². The molecule has 2 aromatic heterocycles. The summed E-state index contributed by atoms with van der Waals surface area (Å²) in [5.41, 5.74) is 0.308. The first-order chi connectivity index (χ1) is 15.9. The van der Waals surface area contributed by atoms with Gasteiger partial charge in [0.25, 0.3) is 5.56 Å². The summed E-state index contributed by atoms with van der Waals surface area (Å²) in [6, 6.07) is 8.97. The van der Waals surface area contributed by atoms with Crippen LogP contribution in [-0.2, 0) is 29.2 Å². The standard InChI is InChI=1S/C23H28N4O5S/c1-4-25(5-2)20(29)15-27-18-11-13-33-21(18)22(30)26(23(27)31)12-10-19(28)24-14-16-6-8-17(32-3)9-7-16/h6-9,11,13H,4-5,10,12,14-15H2,1-3H3,(H,24,28). The molecule has 0 aliphatic rings. The molecule has 1 aromatic carbocycles.